The maximum atomic E-state index is 11.8. The molecule has 3 N–H and O–H groups in total. The minimum atomic E-state index is -1.01. The van der Waals surface area contributed by atoms with Gasteiger partial charge in [0.25, 0.3) is 0 Å². The summed E-state index contributed by atoms with van der Waals surface area (Å²) in [4.78, 5) is 72.7. The summed E-state index contributed by atoms with van der Waals surface area (Å²) in [6.45, 7) is 5.53. The fraction of sp³-hybridized carbons (Fsp3) is 0.381. The number of fused-ring (bicyclic) bond motifs is 20. The molecule has 0 saturated heterocycles. The Balaban J connectivity index is 0.00000902. The van der Waals surface area contributed by atoms with Gasteiger partial charge in [0.15, 0.2) is 23.3 Å². The summed E-state index contributed by atoms with van der Waals surface area (Å²) >= 11 is 11.1. The molecule has 0 fully saturated rings. The first-order valence-electron chi connectivity index (χ1n) is 28.5. The van der Waals surface area contributed by atoms with E-state index in [1.165, 1.54) is 36.6 Å². The summed E-state index contributed by atoms with van der Waals surface area (Å²) in [5.74, 6) is 7.60. The number of rotatable bonds is 27. The first-order valence-corrected chi connectivity index (χ1v) is 34.4. The number of nitrogens with zero attached hydrogens (tertiary/aromatic N) is 12. The van der Waals surface area contributed by atoms with Gasteiger partial charge >= 0.3 is 25.4 Å². The Kier molecular flexibility index (Phi) is 23.2. The van der Waals surface area contributed by atoms with Gasteiger partial charge in [0.2, 0.25) is 0 Å². The molecule has 10 rings (SSSR count). The van der Waals surface area contributed by atoms with Crippen LogP contribution in [0.4, 0.5) is 0 Å². The molecule has 3 aromatic heterocycles. The fourth-order valence-electron chi connectivity index (χ4n) is 9.36. The normalized spacial score (nSPS) is 12.2. The second kappa shape index (κ2) is 30.4. The van der Waals surface area contributed by atoms with Crippen molar-refractivity contribution in [1.82, 2.24) is 69.3 Å². The molecule has 452 valence electrons. The van der Waals surface area contributed by atoms with Crippen molar-refractivity contribution < 1.29 is 34.1 Å². The third-order valence-corrected chi connectivity index (χ3v) is 20.7. The van der Waals surface area contributed by atoms with Crippen LogP contribution in [0.5, 0.6) is 11.5 Å². The van der Waals surface area contributed by atoms with Crippen LogP contribution in [0.25, 0.3) is 89.7 Å². The Morgan fingerprint density at radius 1 is 0.379 bits per heavy atom. The number of carboxylic acid groups (broad SMARTS) is 1. The first-order chi connectivity index (χ1) is 41.3. The van der Waals surface area contributed by atoms with E-state index in [1.807, 2.05) is 88.8 Å². The maximum absolute atomic E-state index is 11.8. The first kappa shape index (κ1) is 66.6. The number of thioether (sulfide) groups is 6. The summed E-state index contributed by atoms with van der Waals surface area (Å²) in [5.41, 5.74) is 6.10. The number of carboxylic acids is 1. The van der Waals surface area contributed by atoms with E-state index in [-0.39, 0.29) is 25.0 Å². The molecule has 0 unspecified atom stereocenters. The number of aromatic carboxylic acids is 1. The van der Waals surface area contributed by atoms with Crippen molar-refractivity contribution in [2.45, 2.75) is 29.4 Å². The summed E-state index contributed by atoms with van der Waals surface area (Å²) in [6.07, 6.45) is 0. The van der Waals surface area contributed by atoms with Crippen LogP contribution in [-0.4, -0.2) is 239 Å². The topological polar surface area (TPSA) is 175 Å². The molecule has 8 aromatic rings. The fourth-order valence-corrected chi connectivity index (χ4v) is 16.9. The molecule has 24 heteroatoms. The Labute approximate surface area is 549 Å². The Bertz CT molecular complexity index is 3940. The van der Waals surface area contributed by atoms with Crippen LogP contribution in [0.3, 0.4) is 0 Å². The molecule has 2 aliphatic heterocycles. The van der Waals surface area contributed by atoms with Crippen LogP contribution in [0.2, 0.25) is 0 Å². The van der Waals surface area contributed by atoms with Crippen molar-refractivity contribution >= 4 is 121 Å². The second-order valence-electron chi connectivity index (χ2n) is 22.7. The zero-order chi connectivity index (χ0) is 60.8. The molecule has 17 nitrogen and oxygen atoms in total. The summed E-state index contributed by atoms with van der Waals surface area (Å²) in [6, 6.07) is 25.9. The van der Waals surface area contributed by atoms with Gasteiger partial charge in [0.05, 0.1) is 5.56 Å². The number of nitrogens with one attached hydrogen (secondary N) is 2. The third-order valence-electron chi connectivity index (χ3n) is 14.1. The molecule has 5 heterocycles. The maximum Gasteiger partial charge on any atom is 2.00 e. The number of hydrogen-bond acceptors (Lipinski definition) is 20. The van der Waals surface area contributed by atoms with Gasteiger partial charge in [0.1, 0.15) is 34.1 Å². The average molecular weight is 1340 g/mol. The molecule has 0 atom stereocenters. The predicted octanol–water partition coefficient (Wildman–Crippen LogP) is 12.3. The van der Waals surface area contributed by atoms with E-state index >= 15 is 0 Å². The van der Waals surface area contributed by atoms with Crippen LogP contribution >= 0.6 is 70.6 Å². The number of aromatic amines is 2. The molecule has 0 amide bonds. The second-order valence-corrected chi connectivity index (χ2v) is 29.5. The molecule has 0 radical (unpaired) electrons. The van der Waals surface area contributed by atoms with Crippen LogP contribution in [0.1, 0.15) is 10.4 Å². The van der Waals surface area contributed by atoms with Crippen molar-refractivity contribution in [3.05, 3.63) is 84.4 Å². The molecule has 0 spiro atoms. The van der Waals surface area contributed by atoms with E-state index in [0.29, 0.717) is 57.4 Å². The molecule has 0 aliphatic carbocycles. The van der Waals surface area contributed by atoms with Gasteiger partial charge in [-0.1, -0.05) is 0 Å². The molecule has 5 aromatic carbocycles. The van der Waals surface area contributed by atoms with Gasteiger partial charge in [-0.05, 0) is 163 Å². The van der Waals surface area contributed by atoms with Gasteiger partial charge < -0.3 is 49.2 Å². The van der Waals surface area contributed by atoms with E-state index < -0.39 is 5.97 Å². The molecule has 8 bridgehead atoms. The van der Waals surface area contributed by atoms with Crippen LogP contribution in [0, 0.1) is 0 Å². The number of aromatic nitrogens is 8. The van der Waals surface area contributed by atoms with Gasteiger partial charge in [-0.2, -0.15) is 0 Å². The molecular weight excluding hydrogens is 1260 g/mol. The Morgan fingerprint density at radius 3 is 0.954 bits per heavy atom. The van der Waals surface area contributed by atoms with Crippen molar-refractivity contribution in [2.24, 2.45) is 0 Å². The molecule has 87 heavy (non-hydrogen) atoms. The number of H-pyrrole nitrogens is 2. The summed E-state index contributed by atoms with van der Waals surface area (Å²) < 4.78 is 6.44. The van der Waals surface area contributed by atoms with E-state index in [1.54, 1.807) is 12.1 Å². The quantitative estimate of drug-likeness (QED) is 0.0327. The van der Waals surface area contributed by atoms with Crippen LogP contribution < -0.4 is 4.74 Å². The van der Waals surface area contributed by atoms with E-state index in [0.717, 1.165) is 122 Å². The van der Waals surface area contributed by atoms with Gasteiger partial charge in [0, 0.05) is 147 Å². The van der Waals surface area contributed by atoms with Crippen molar-refractivity contribution in [1.29, 1.82) is 0 Å². The minimum absolute atomic E-state index is 0. The van der Waals surface area contributed by atoms with Gasteiger partial charge in [-0.25, -0.2) is 34.7 Å². The number of ether oxygens (including phenoxy) is 1. The van der Waals surface area contributed by atoms with E-state index in [2.05, 4.69) is 160 Å². The SMILES string of the molecule is CN(C)CCSc1cc2c(cc1SCCN(C)C)-c1nc-2nc2[nH]c(nc3nc(nc4[nH]c(n1)c1cc(SCCN(C)C)c(SCCN(C)C)cc41)-c1cc(SCCN(C)C)c(SCCN(C)C)cc1-3)c1cc(Oc3ccc(C(=O)O)cc3)ccc21.[Zn+2]. The van der Waals surface area contributed by atoms with E-state index in [9.17, 15) is 9.90 Å². The smallest absolute Gasteiger partial charge is 0.478 e. The standard InChI is InChI=1S/C63H76N14O3S6.Zn/c1-72(2)19-25-81-49-32-43-44(33-50(49)82-26-20-73(3)4)59-67-57(43)65-55-41-18-17-40(80-39-15-13-38(14-16-39)63(78)79)31-42(41)56(64-55)66-58-45-34-51(83-27-21-74(5)6)52(84-28-22-75(7)8)35-46(45)60(68-58)70-62-48-37-54(86-30-24-77(11)12)53(85-29-23-76(9)10)36-47(48)61(69-59)71-62;/h13-18,31-37H,19-30H2,1-12H3,(H,78,79)(H2,64,65,66,67,68,69,70,71);/q;+2. The minimum Gasteiger partial charge on any atom is -0.478 e. The third kappa shape index (κ3) is 16.8. The monoisotopic (exact) mass is 1330 g/mol. The molecule has 0 saturated carbocycles. The van der Waals surface area contributed by atoms with Crippen LogP contribution in [-0.2, 0) is 19.5 Å². The van der Waals surface area contributed by atoms with Crippen molar-refractivity contribution in [3.63, 3.8) is 0 Å². The van der Waals surface area contributed by atoms with E-state index in [4.69, 9.17) is 34.6 Å². The Hall–Kier alpha value is -4.79. The van der Waals surface area contributed by atoms with Crippen molar-refractivity contribution in [2.75, 3.05) is 158 Å². The zero-order valence-corrected chi connectivity index (χ0v) is 59.6. The Morgan fingerprint density at radius 2 is 0.655 bits per heavy atom. The van der Waals surface area contributed by atoms with Gasteiger partial charge in [-0.15, -0.1) is 70.6 Å². The number of benzene rings is 5. The number of hydrogen-bond donors (Lipinski definition) is 3. The predicted molar refractivity (Wildman–Crippen MR) is 365 cm³/mol. The number of carbonyl (C=O) groups is 1. The average Bonchev–Trinajstić information content (AvgIpc) is 1.74. The van der Waals surface area contributed by atoms with Crippen molar-refractivity contribution in [3.8, 4) is 57.1 Å². The zero-order valence-electron chi connectivity index (χ0n) is 51.8. The van der Waals surface area contributed by atoms with Gasteiger partial charge in [-0.3, -0.25) is 0 Å². The molecule has 2 aliphatic rings. The molecular formula is C63H76N14O3S6Zn+2. The largest absolute Gasteiger partial charge is 2.00 e. The summed E-state index contributed by atoms with van der Waals surface area (Å²) in [7, 11) is 25.4. The van der Waals surface area contributed by atoms with Crippen LogP contribution in [0.15, 0.2) is 108 Å². The summed E-state index contributed by atoms with van der Waals surface area (Å²) in [5, 5.41) is 13.1.